The molecule has 0 saturated carbocycles. The number of methoxy groups -OCH3 is 1. The maximum absolute atomic E-state index is 13.0. The number of rotatable bonds is 4. The largest absolute Gasteiger partial charge is 0.497 e. The fraction of sp³-hybridized carbons (Fsp3) is 0.0588. The number of aromatic nitrogens is 1. The smallest absolute Gasteiger partial charge is 0.339 e. The van der Waals surface area contributed by atoms with Crippen LogP contribution in [0.25, 0.3) is 10.9 Å². The van der Waals surface area contributed by atoms with Crippen LogP contribution in [0.5, 0.6) is 5.75 Å². The molecule has 2 N–H and O–H groups in total. The van der Waals surface area contributed by atoms with E-state index in [1.165, 1.54) is 37.6 Å². The Hall–Kier alpha value is -3.15. The van der Waals surface area contributed by atoms with Crippen molar-refractivity contribution in [2.45, 2.75) is 0 Å². The Morgan fingerprint density at radius 2 is 1.96 bits per heavy atom. The topological polar surface area (TPSA) is 71.5 Å². The van der Waals surface area contributed by atoms with Gasteiger partial charge in [0, 0.05) is 17.3 Å². The Labute approximate surface area is 131 Å². The summed E-state index contributed by atoms with van der Waals surface area (Å²) in [7, 11) is 1.53. The van der Waals surface area contributed by atoms with Crippen LogP contribution in [-0.4, -0.2) is 23.2 Å². The lowest BCUT2D eigenvalue weighted by atomic mass is 10.1. The molecular weight excluding hydrogens is 299 g/mol. The third-order valence-electron chi connectivity index (χ3n) is 3.42. The maximum Gasteiger partial charge on any atom is 0.339 e. The highest BCUT2D eigenvalue weighted by atomic mass is 19.1. The highest BCUT2D eigenvalue weighted by Crippen LogP contribution is 2.31. The number of nitrogens with one attached hydrogen (secondary N) is 1. The Balaban J connectivity index is 2.19. The average molecular weight is 312 g/mol. The molecule has 0 radical (unpaired) electrons. The molecule has 0 spiro atoms. The minimum Gasteiger partial charge on any atom is -0.497 e. The Bertz CT molecular complexity index is 879. The number of carbonyl (C=O) groups is 1. The summed E-state index contributed by atoms with van der Waals surface area (Å²) in [5.74, 6) is -0.883. The van der Waals surface area contributed by atoms with Crippen molar-refractivity contribution in [2.24, 2.45) is 0 Å². The van der Waals surface area contributed by atoms with Gasteiger partial charge in [0.2, 0.25) is 0 Å². The molecule has 3 rings (SSSR count). The average Bonchev–Trinajstić information content (AvgIpc) is 2.56. The SMILES string of the molecule is COc1ccc2ncc(C(=O)O)c(Nc3ccc(F)cc3)c2c1. The molecule has 0 aliphatic heterocycles. The molecule has 0 aliphatic carbocycles. The van der Waals surface area contributed by atoms with Crippen LogP contribution >= 0.6 is 0 Å². The van der Waals surface area contributed by atoms with E-state index >= 15 is 0 Å². The van der Waals surface area contributed by atoms with E-state index in [2.05, 4.69) is 10.3 Å². The van der Waals surface area contributed by atoms with Crippen LogP contribution in [0.4, 0.5) is 15.8 Å². The molecule has 116 valence electrons. The van der Waals surface area contributed by atoms with Gasteiger partial charge in [-0.15, -0.1) is 0 Å². The van der Waals surface area contributed by atoms with E-state index in [9.17, 15) is 14.3 Å². The minimum absolute atomic E-state index is 0.0232. The zero-order valence-electron chi connectivity index (χ0n) is 12.2. The van der Waals surface area contributed by atoms with E-state index in [1.807, 2.05) is 0 Å². The summed E-state index contributed by atoms with van der Waals surface area (Å²) in [4.78, 5) is 15.7. The molecule has 0 atom stereocenters. The van der Waals surface area contributed by atoms with Crippen molar-refractivity contribution >= 4 is 28.2 Å². The highest BCUT2D eigenvalue weighted by Gasteiger charge is 2.15. The van der Waals surface area contributed by atoms with Crippen LogP contribution in [0.2, 0.25) is 0 Å². The van der Waals surface area contributed by atoms with Crippen LogP contribution in [0, 0.1) is 5.82 Å². The number of halogens is 1. The zero-order valence-corrected chi connectivity index (χ0v) is 12.2. The van der Waals surface area contributed by atoms with E-state index in [0.717, 1.165) is 0 Å². The fourth-order valence-corrected chi connectivity index (χ4v) is 2.27. The molecule has 23 heavy (non-hydrogen) atoms. The van der Waals surface area contributed by atoms with Crippen molar-refractivity contribution in [2.75, 3.05) is 12.4 Å². The van der Waals surface area contributed by atoms with Gasteiger partial charge in [-0.05, 0) is 42.5 Å². The van der Waals surface area contributed by atoms with Crippen molar-refractivity contribution in [3.05, 3.63) is 60.0 Å². The first-order valence-corrected chi connectivity index (χ1v) is 6.81. The van der Waals surface area contributed by atoms with Crippen LogP contribution in [0.3, 0.4) is 0 Å². The molecule has 0 unspecified atom stereocenters. The van der Waals surface area contributed by atoms with Crippen molar-refractivity contribution in [3.63, 3.8) is 0 Å². The molecule has 5 nitrogen and oxygen atoms in total. The Morgan fingerprint density at radius 3 is 2.61 bits per heavy atom. The molecule has 0 bridgehead atoms. The zero-order chi connectivity index (χ0) is 16.4. The van der Waals surface area contributed by atoms with Gasteiger partial charge >= 0.3 is 5.97 Å². The minimum atomic E-state index is -1.10. The number of nitrogens with zero attached hydrogens (tertiary/aromatic N) is 1. The second kappa shape index (κ2) is 5.92. The highest BCUT2D eigenvalue weighted by molar-refractivity contribution is 6.05. The lowest BCUT2D eigenvalue weighted by Gasteiger charge is -2.13. The normalized spacial score (nSPS) is 10.5. The summed E-state index contributed by atoms with van der Waals surface area (Å²) in [6.07, 6.45) is 1.29. The molecular formula is C17H13FN2O3. The van der Waals surface area contributed by atoms with Gasteiger partial charge in [0.25, 0.3) is 0 Å². The number of fused-ring (bicyclic) bond motifs is 1. The first kappa shape index (κ1) is 14.8. The predicted molar refractivity (Wildman–Crippen MR) is 84.9 cm³/mol. The first-order valence-electron chi connectivity index (χ1n) is 6.81. The third kappa shape index (κ3) is 2.91. The molecule has 1 aromatic heterocycles. The standard InChI is InChI=1S/C17H13FN2O3/c1-23-12-6-7-15-13(8-12)16(14(9-19-15)17(21)22)20-11-4-2-10(18)3-5-11/h2-9H,1H3,(H,19,20)(H,21,22). The molecule has 6 heteroatoms. The van der Waals surface area contributed by atoms with Gasteiger partial charge in [-0.25, -0.2) is 9.18 Å². The van der Waals surface area contributed by atoms with Crippen LogP contribution in [-0.2, 0) is 0 Å². The van der Waals surface area contributed by atoms with Gasteiger partial charge < -0.3 is 15.2 Å². The van der Waals surface area contributed by atoms with Crippen LogP contribution < -0.4 is 10.1 Å². The first-order chi connectivity index (χ1) is 11.1. The van der Waals surface area contributed by atoms with Crippen molar-refractivity contribution in [1.29, 1.82) is 0 Å². The lowest BCUT2D eigenvalue weighted by Crippen LogP contribution is -2.05. The number of carboxylic acids is 1. The predicted octanol–water partition coefficient (Wildman–Crippen LogP) is 3.82. The summed E-state index contributed by atoms with van der Waals surface area (Å²) in [5.41, 5.74) is 1.60. The molecule has 3 aromatic rings. The quantitative estimate of drug-likeness (QED) is 0.766. The van der Waals surface area contributed by atoms with Crippen LogP contribution in [0.1, 0.15) is 10.4 Å². The van der Waals surface area contributed by atoms with E-state index in [-0.39, 0.29) is 11.4 Å². The van der Waals surface area contributed by atoms with Crippen LogP contribution in [0.15, 0.2) is 48.7 Å². The Morgan fingerprint density at radius 1 is 1.22 bits per heavy atom. The van der Waals surface area contributed by atoms with Gasteiger partial charge in [0.05, 0.1) is 18.3 Å². The third-order valence-corrected chi connectivity index (χ3v) is 3.42. The van der Waals surface area contributed by atoms with Gasteiger partial charge in [-0.1, -0.05) is 0 Å². The number of pyridine rings is 1. The number of hydrogen-bond acceptors (Lipinski definition) is 4. The number of aromatic carboxylic acids is 1. The molecule has 2 aromatic carbocycles. The summed E-state index contributed by atoms with van der Waals surface area (Å²) in [6.45, 7) is 0. The summed E-state index contributed by atoms with van der Waals surface area (Å²) in [6, 6.07) is 10.9. The van der Waals surface area contributed by atoms with E-state index in [0.29, 0.717) is 28.0 Å². The van der Waals surface area contributed by atoms with Crippen molar-refractivity contribution < 1.29 is 19.0 Å². The summed E-state index contributed by atoms with van der Waals surface area (Å²) < 4.78 is 18.2. The van der Waals surface area contributed by atoms with Gasteiger partial charge in [0.1, 0.15) is 17.1 Å². The second-order valence-electron chi connectivity index (χ2n) is 4.87. The lowest BCUT2D eigenvalue weighted by molar-refractivity contribution is 0.0697. The summed E-state index contributed by atoms with van der Waals surface area (Å²) >= 11 is 0. The molecule has 0 saturated heterocycles. The fourth-order valence-electron chi connectivity index (χ4n) is 2.27. The maximum atomic E-state index is 13.0. The Kier molecular flexibility index (Phi) is 3.80. The van der Waals surface area contributed by atoms with Gasteiger partial charge in [0.15, 0.2) is 0 Å². The van der Waals surface area contributed by atoms with Gasteiger partial charge in [-0.2, -0.15) is 0 Å². The number of benzene rings is 2. The number of hydrogen-bond donors (Lipinski definition) is 2. The number of ether oxygens (including phenoxy) is 1. The molecule has 0 amide bonds. The summed E-state index contributed by atoms with van der Waals surface area (Å²) in [5, 5.41) is 13.0. The van der Waals surface area contributed by atoms with E-state index in [4.69, 9.17) is 4.74 Å². The number of anilines is 2. The molecule has 0 fully saturated rings. The van der Waals surface area contributed by atoms with E-state index < -0.39 is 5.97 Å². The molecule has 1 heterocycles. The molecule has 0 aliphatic rings. The van der Waals surface area contributed by atoms with Crippen molar-refractivity contribution in [3.8, 4) is 5.75 Å². The van der Waals surface area contributed by atoms with E-state index in [1.54, 1.807) is 18.2 Å². The second-order valence-corrected chi connectivity index (χ2v) is 4.87. The monoisotopic (exact) mass is 312 g/mol. The van der Waals surface area contributed by atoms with Crippen molar-refractivity contribution in [1.82, 2.24) is 4.98 Å². The number of carboxylic acid groups (broad SMARTS) is 1. The van der Waals surface area contributed by atoms with Gasteiger partial charge in [-0.3, -0.25) is 4.98 Å².